The number of aliphatic hydroxyl groups is 2. The average Bonchev–Trinajstić information content (AvgIpc) is 2.29. The molecule has 0 unspecified atom stereocenters. The summed E-state index contributed by atoms with van der Waals surface area (Å²) in [5.74, 6) is 0.633. The minimum Gasteiger partial charge on any atom is -0.473 e. The van der Waals surface area contributed by atoms with E-state index in [1.807, 2.05) is 6.92 Å². The first kappa shape index (κ1) is 15.4. The molecule has 0 bridgehead atoms. The third kappa shape index (κ3) is 6.10. The van der Waals surface area contributed by atoms with E-state index in [0.717, 1.165) is 19.3 Å². The Morgan fingerprint density at radius 3 is 2.38 bits per heavy atom. The van der Waals surface area contributed by atoms with Crippen molar-refractivity contribution in [2.75, 3.05) is 26.6 Å². The second kappa shape index (κ2) is 8.56. The van der Waals surface area contributed by atoms with E-state index < -0.39 is 0 Å². The molecule has 0 aliphatic heterocycles. The van der Waals surface area contributed by atoms with Gasteiger partial charge >= 0.3 is 0 Å². The minimum atomic E-state index is -0.363. The lowest BCUT2D eigenvalue weighted by Gasteiger charge is -2.28. The van der Waals surface area contributed by atoms with Gasteiger partial charge in [0.25, 0.3) is 0 Å². The summed E-state index contributed by atoms with van der Waals surface area (Å²) in [6, 6.07) is 0. The molecule has 0 aromatic rings. The molecular weight excluding hydrogens is 208 g/mol. The molecule has 2 N–H and O–H groups in total. The van der Waals surface area contributed by atoms with Crippen molar-refractivity contribution >= 4 is 0 Å². The van der Waals surface area contributed by atoms with E-state index in [4.69, 9.17) is 9.47 Å². The maximum atomic E-state index is 9.21. The molecule has 0 atom stereocenters. The van der Waals surface area contributed by atoms with E-state index in [1.165, 1.54) is 0 Å². The molecule has 0 amide bonds. The van der Waals surface area contributed by atoms with Gasteiger partial charge in [0.05, 0.1) is 25.6 Å². The summed E-state index contributed by atoms with van der Waals surface area (Å²) < 4.78 is 10.3. The maximum absolute atomic E-state index is 9.21. The summed E-state index contributed by atoms with van der Waals surface area (Å²) in [4.78, 5) is 0. The summed E-state index contributed by atoms with van der Waals surface area (Å²) in [6.07, 6.45) is 2.32. The highest BCUT2D eigenvalue weighted by atomic mass is 16.7. The Morgan fingerprint density at radius 2 is 1.94 bits per heavy atom. The number of rotatable bonds is 10. The van der Waals surface area contributed by atoms with E-state index in [0.29, 0.717) is 12.4 Å². The third-order valence-electron chi connectivity index (χ3n) is 2.81. The van der Waals surface area contributed by atoms with Gasteiger partial charge in [-0.05, 0) is 26.2 Å². The minimum absolute atomic E-state index is 0.0161. The molecule has 4 nitrogen and oxygen atoms in total. The fourth-order valence-corrected chi connectivity index (χ4v) is 1.36. The smallest absolute Gasteiger partial charge is 0.188 e. The molecule has 4 heteroatoms. The number of ether oxygens (including phenoxy) is 2. The topological polar surface area (TPSA) is 58.9 Å². The van der Waals surface area contributed by atoms with Crippen molar-refractivity contribution in [2.45, 2.75) is 33.1 Å². The summed E-state index contributed by atoms with van der Waals surface area (Å²) in [5, 5.41) is 18.4. The van der Waals surface area contributed by atoms with Gasteiger partial charge in [-0.15, -0.1) is 0 Å². The lowest BCUT2D eigenvalue weighted by atomic mass is 9.82. The zero-order valence-corrected chi connectivity index (χ0v) is 10.4. The monoisotopic (exact) mass is 232 g/mol. The predicted octanol–water partition coefficient (Wildman–Crippen LogP) is 1.67. The Morgan fingerprint density at radius 1 is 1.31 bits per heavy atom. The Kier molecular flexibility index (Phi) is 8.25. The van der Waals surface area contributed by atoms with Gasteiger partial charge in [0, 0.05) is 5.41 Å². The van der Waals surface area contributed by atoms with Gasteiger partial charge < -0.3 is 19.7 Å². The van der Waals surface area contributed by atoms with Gasteiger partial charge in [-0.1, -0.05) is 13.5 Å². The van der Waals surface area contributed by atoms with Gasteiger partial charge in [0.1, 0.15) is 0 Å². The average molecular weight is 232 g/mol. The zero-order chi connectivity index (χ0) is 12.4. The normalized spacial score (nSPS) is 11.5. The zero-order valence-electron chi connectivity index (χ0n) is 10.4. The fraction of sp³-hybridized carbons (Fsp3) is 0.833. The summed E-state index contributed by atoms with van der Waals surface area (Å²) >= 11 is 0. The first-order chi connectivity index (χ1) is 7.60. The van der Waals surface area contributed by atoms with Crippen LogP contribution in [0, 0.1) is 5.41 Å². The predicted molar refractivity (Wildman–Crippen MR) is 62.8 cm³/mol. The van der Waals surface area contributed by atoms with Crippen LogP contribution in [0.1, 0.15) is 33.1 Å². The van der Waals surface area contributed by atoms with E-state index in [-0.39, 0.29) is 25.4 Å². The molecule has 16 heavy (non-hydrogen) atoms. The van der Waals surface area contributed by atoms with Crippen molar-refractivity contribution < 1.29 is 19.7 Å². The molecule has 0 rings (SSSR count). The Labute approximate surface area is 97.9 Å². The van der Waals surface area contributed by atoms with Crippen LogP contribution in [0.2, 0.25) is 0 Å². The van der Waals surface area contributed by atoms with Crippen molar-refractivity contribution in [1.82, 2.24) is 0 Å². The molecule has 0 aliphatic carbocycles. The highest BCUT2D eigenvalue weighted by Gasteiger charge is 2.25. The Balaban J connectivity index is 3.59. The van der Waals surface area contributed by atoms with E-state index in [2.05, 4.69) is 6.58 Å². The first-order valence-electron chi connectivity index (χ1n) is 5.68. The standard InChI is InChI=1S/C12H24O4/c1-4-12(8-13,9-14)6-5-7-15-10-16-11(2)3/h13-14H,2,4-10H2,1,3H3. The lowest BCUT2D eigenvalue weighted by molar-refractivity contribution is -0.0307. The van der Waals surface area contributed by atoms with Crippen LogP contribution in [-0.2, 0) is 9.47 Å². The number of allylic oxidation sites excluding steroid dienone is 1. The molecule has 0 aromatic heterocycles. The highest BCUT2D eigenvalue weighted by Crippen LogP contribution is 2.26. The SMILES string of the molecule is C=C(C)OCOCCCC(CC)(CO)CO. The third-order valence-corrected chi connectivity index (χ3v) is 2.81. The van der Waals surface area contributed by atoms with Crippen LogP contribution in [0.4, 0.5) is 0 Å². The van der Waals surface area contributed by atoms with Crippen molar-refractivity contribution in [3.63, 3.8) is 0 Å². The van der Waals surface area contributed by atoms with Crippen LogP contribution < -0.4 is 0 Å². The lowest BCUT2D eigenvalue weighted by Crippen LogP contribution is -2.29. The Bertz CT molecular complexity index is 179. The molecule has 96 valence electrons. The second-order valence-corrected chi connectivity index (χ2v) is 4.15. The van der Waals surface area contributed by atoms with Gasteiger partial charge in [0.15, 0.2) is 6.79 Å². The summed E-state index contributed by atoms with van der Waals surface area (Å²) in [5.41, 5.74) is -0.363. The molecule has 0 saturated heterocycles. The van der Waals surface area contributed by atoms with Crippen molar-refractivity contribution in [3.8, 4) is 0 Å². The van der Waals surface area contributed by atoms with E-state index in [9.17, 15) is 10.2 Å². The van der Waals surface area contributed by atoms with Crippen LogP contribution in [0.25, 0.3) is 0 Å². The van der Waals surface area contributed by atoms with E-state index in [1.54, 1.807) is 6.92 Å². The van der Waals surface area contributed by atoms with Gasteiger partial charge in [-0.2, -0.15) is 0 Å². The van der Waals surface area contributed by atoms with Crippen LogP contribution in [0.15, 0.2) is 12.3 Å². The van der Waals surface area contributed by atoms with Crippen molar-refractivity contribution in [3.05, 3.63) is 12.3 Å². The van der Waals surface area contributed by atoms with Crippen LogP contribution in [-0.4, -0.2) is 36.8 Å². The Hall–Kier alpha value is -0.580. The molecule has 0 heterocycles. The quantitative estimate of drug-likeness (QED) is 0.342. The van der Waals surface area contributed by atoms with Crippen LogP contribution in [0.5, 0.6) is 0 Å². The summed E-state index contributed by atoms with van der Waals surface area (Å²) in [7, 11) is 0. The van der Waals surface area contributed by atoms with Crippen LogP contribution >= 0.6 is 0 Å². The fourth-order valence-electron chi connectivity index (χ4n) is 1.36. The van der Waals surface area contributed by atoms with Crippen LogP contribution in [0.3, 0.4) is 0 Å². The number of aliphatic hydroxyl groups excluding tert-OH is 2. The van der Waals surface area contributed by atoms with Gasteiger partial charge in [0.2, 0.25) is 0 Å². The molecule has 0 fully saturated rings. The molecule has 0 aliphatic rings. The maximum Gasteiger partial charge on any atom is 0.188 e. The number of hydrogen-bond acceptors (Lipinski definition) is 4. The molecule has 0 radical (unpaired) electrons. The van der Waals surface area contributed by atoms with Crippen molar-refractivity contribution in [2.24, 2.45) is 5.41 Å². The highest BCUT2D eigenvalue weighted by molar-refractivity contribution is 4.76. The first-order valence-corrected chi connectivity index (χ1v) is 5.68. The largest absolute Gasteiger partial charge is 0.473 e. The molecule has 0 aromatic carbocycles. The van der Waals surface area contributed by atoms with Crippen molar-refractivity contribution in [1.29, 1.82) is 0 Å². The molecule has 0 spiro atoms. The summed E-state index contributed by atoms with van der Waals surface area (Å²) in [6.45, 7) is 8.13. The molecule has 0 saturated carbocycles. The number of hydrogen-bond donors (Lipinski definition) is 2. The van der Waals surface area contributed by atoms with Gasteiger partial charge in [-0.25, -0.2) is 0 Å². The van der Waals surface area contributed by atoms with Gasteiger partial charge in [-0.3, -0.25) is 0 Å². The van der Waals surface area contributed by atoms with E-state index >= 15 is 0 Å². The second-order valence-electron chi connectivity index (χ2n) is 4.15. The molecular formula is C12H24O4.